The zero-order valence-electron chi connectivity index (χ0n) is 13.2. The summed E-state index contributed by atoms with van der Waals surface area (Å²) < 4.78 is 0. The van der Waals surface area contributed by atoms with Crippen LogP contribution in [0, 0.1) is 0 Å². The van der Waals surface area contributed by atoms with Crippen LogP contribution in [0.5, 0.6) is 0 Å². The van der Waals surface area contributed by atoms with Crippen molar-refractivity contribution in [2.45, 2.75) is 76.8 Å². The summed E-state index contributed by atoms with van der Waals surface area (Å²) in [4.78, 5) is 2.76. The number of likely N-dealkylation sites (tertiary alicyclic amines) is 1. The molecule has 0 spiro atoms. The van der Waals surface area contributed by atoms with Crippen molar-refractivity contribution in [3.05, 3.63) is 11.6 Å². The highest BCUT2D eigenvalue weighted by Gasteiger charge is 2.39. The molecule has 110 valence electrons. The van der Waals surface area contributed by atoms with Crippen LogP contribution in [0.4, 0.5) is 0 Å². The number of piperidine rings is 1. The fraction of sp³-hybridized carbons (Fsp3) is 0.882. The van der Waals surface area contributed by atoms with Crippen LogP contribution in [0.2, 0.25) is 0 Å². The van der Waals surface area contributed by atoms with Crippen LogP contribution in [-0.2, 0) is 0 Å². The van der Waals surface area contributed by atoms with Crippen LogP contribution in [0.1, 0.15) is 65.2 Å². The summed E-state index contributed by atoms with van der Waals surface area (Å²) in [5.74, 6) is 0. The fourth-order valence-electron chi connectivity index (χ4n) is 4.04. The largest absolute Gasteiger partial charge is 0.312 e. The SMILES string of the molecule is CCC(C)(C(NC)C1=CCCCC1)N1CCCCC1. The molecule has 2 unspecified atom stereocenters. The van der Waals surface area contributed by atoms with E-state index in [1.54, 1.807) is 5.57 Å². The van der Waals surface area contributed by atoms with Gasteiger partial charge in [0, 0.05) is 11.6 Å². The molecule has 0 saturated carbocycles. The van der Waals surface area contributed by atoms with Gasteiger partial charge < -0.3 is 5.32 Å². The predicted molar refractivity (Wildman–Crippen MR) is 83.5 cm³/mol. The Morgan fingerprint density at radius 2 is 1.95 bits per heavy atom. The van der Waals surface area contributed by atoms with Gasteiger partial charge in [-0.2, -0.15) is 0 Å². The summed E-state index contributed by atoms with van der Waals surface area (Å²) in [5, 5.41) is 3.65. The molecule has 0 aromatic carbocycles. The van der Waals surface area contributed by atoms with Gasteiger partial charge in [0.2, 0.25) is 0 Å². The Balaban J connectivity index is 2.18. The Bertz CT molecular complexity index is 304. The summed E-state index contributed by atoms with van der Waals surface area (Å²) in [6, 6.07) is 0.538. The monoisotopic (exact) mass is 264 g/mol. The van der Waals surface area contributed by atoms with E-state index in [0.29, 0.717) is 11.6 Å². The molecule has 2 atom stereocenters. The van der Waals surface area contributed by atoms with Crippen LogP contribution in [0.15, 0.2) is 11.6 Å². The van der Waals surface area contributed by atoms with Crippen molar-refractivity contribution < 1.29 is 0 Å². The van der Waals surface area contributed by atoms with Gasteiger partial charge in [0.15, 0.2) is 0 Å². The molecule has 1 saturated heterocycles. The molecule has 2 rings (SSSR count). The first-order valence-electron chi connectivity index (χ1n) is 8.33. The number of hydrogen-bond acceptors (Lipinski definition) is 2. The lowest BCUT2D eigenvalue weighted by molar-refractivity contribution is 0.0541. The van der Waals surface area contributed by atoms with E-state index in [2.05, 4.69) is 37.2 Å². The minimum atomic E-state index is 0.290. The molecular formula is C17H32N2. The average molecular weight is 264 g/mol. The van der Waals surface area contributed by atoms with Gasteiger partial charge in [0.05, 0.1) is 0 Å². The lowest BCUT2D eigenvalue weighted by Crippen LogP contribution is -2.60. The summed E-state index contributed by atoms with van der Waals surface area (Å²) in [6.07, 6.45) is 13.3. The van der Waals surface area contributed by atoms with Gasteiger partial charge in [-0.05, 0) is 72.0 Å². The average Bonchev–Trinajstić information content (AvgIpc) is 2.49. The predicted octanol–water partition coefficient (Wildman–Crippen LogP) is 3.73. The highest BCUT2D eigenvalue weighted by atomic mass is 15.2. The van der Waals surface area contributed by atoms with Crippen molar-refractivity contribution in [3.63, 3.8) is 0 Å². The van der Waals surface area contributed by atoms with E-state index >= 15 is 0 Å². The van der Waals surface area contributed by atoms with Gasteiger partial charge in [-0.3, -0.25) is 4.90 Å². The number of likely N-dealkylation sites (N-methyl/N-ethyl adjacent to an activating group) is 1. The molecule has 0 amide bonds. The van der Waals surface area contributed by atoms with Crippen molar-refractivity contribution in [1.29, 1.82) is 0 Å². The van der Waals surface area contributed by atoms with Crippen molar-refractivity contribution in [2.75, 3.05) is 20.1 Å². The number of nitrogens with one attached hydrogen (secondary N) is 1. The Hall–Kier alpha value is -0.340. The Labute approximate surface area is 119 Å². The van der Waals surface area contributed by atoms with E-state index in [1.807, 2.05) is 0 Å². The smallest absolute Gasteiger partial charge is 0.0461 e. The van der Waals surface area contributed by atoms with Gasteiger partial charge in [0.1, 0.15) is 0 Å². The maximum atomic E-state index is 3.65. The van der Waals surface area contributed by atoms with Gasteiger partial charge >= 0.3 is 0 Å². The van der Waals surface area contributed by atoms with E-state index in [1.165, 1.54) is 64.5 Å². The minimum Gasteiger partial charge on any atom is -0.312 e. The van der Waals surface area contributed by atoms with Crippen LogP contribution >= 0.6 is 0 Å². The molecule has 1 fully saturated rings. The topological polar surface area (TPSA) is 15.3 Å². The first kappa shape index (κ1) is 15.1. The molecule has 2 nitrogen and oxygen atoms in total. The summed E-state index contributed by atoms with van der Waals surface area (Å²) in [6.45, 7) is 7.42. The second-order valence-electron chi connectivity index (χ2n) is 6.50. The lowest BCUT2D eigenvalue weighted by atomic mass is 9.78. The third-order valence-corrected chi connectivity index (χ3v) is 5.40. The van der Waals surface area contributed by atoms with Crippen molar-refractivity contribution in [3.8, 4) is 0 Å². The van der Waals surface area contributed by atoms with Crippen molar-refractivity contribution >= 4 is 0 Å². The van der Waals surface area contributed by atoms with E-state index in [0.717, 1.165) is 0 Å². The highest BCUT2D eigenvalue weighted by molar-refractivity contribution is 5.20. The van der Waals surface area contributed by atoms with Crippen molar-refractivity contribution in [1.82, 2.24) is 10.2 Å². The first-order valence-corrected chi connectivity index (χ1v) is 8.33. The molecule has 0 aromatic rings. The first-order chi connectivity index (χ1) is 9.22. The molecule has 1 aliphatic heterocycles. The second kappa shape index (κ2) is 6.90. The molecule has 0 radical (unpaired) electrons. The quantitative estimate of drug-likeness (QED) is 0.761. The summed E-state index contributed by atoms with van der Waals surface area (Å²) in [7, 11) is 2.15. The van der Waals surface area contributed by atoms with E-state index in [4.69, 9.17) is 0 Å². The summed E-state index contributed by atoms with van der Waals surface area (Å²) in [5.41, 5.74) is 1.96. The van der Waals surface area contributed by atoms with Gasteiger partial charge in [0.25, 0.3) is 0 Å². The second-order valence-corrected chi connectivity index (χ2v) is 6.50. The Morgan fingerprint density at radius 3 is 2.47 bits per heavy atom. The molecule has 2 aliphatic rings. The summed E-state index contributed by atoms with van der Waals surface area (Å²) >= 11 is 0. The van der Waals surface area contributed by atoms with Crippen LogP contribution < -0.4 is 5.32 Å². The highest BCUT2D eigenvalue weighted by Crippen LogP contribution is 2.33. The Morgan fingerprint density at radius 1 is 1.21 bits per heavy atom. The normalized spacial score (nSPS) is 26.6. The number of hydrogen-bond donors (Lipinski definition) is 1. The maximum absolute atomic E-state index is 3.65. The lowest BCUT2D eigenvalue weighted by Gasteiger charge is -2.49. The molecule has 0 bridgehead atoms. The third-order valence-electron chi connectivity index (χ3n) is 5.40. The van der Waals surface area contributed by atoms with Crippen LogP contribution in [0.3, 0.4) is 0 Å². The molecule has 1 heterocycles. The fourth-order valence-corrected chi connectivity index (χ4v) is 4.04. The van der Waals surface area contributed by atoms with Gasteiger partial charge in [-0.25, -0.2) is 0 Å². The van der Waals surface area contributed by atoms with Crippen LogP contribution in [-0.4, -0.2) is 36.6 Å². The van der Waals surface area contributed by atoms with Crippen molar-refractivity contribution in [2.24, 2.45) is 0 Å². The minimum absolute atomic E-state index is 0.290. The maximum Gasteiger partial charge on any atom is 0.0461 e. The zero-order valence-corrected chi connectivity index (χ0v) is 13.2. The molecule has 0 aromatic heterocycles. The van der Waals surface area contributed by atoms with Gasteiger partial charge in [-0.15, -0.1) is 0 Å². The molecule has 2 heteroatoms. The third kappa shape index (κ3) is 3.22. The van der Waals surface area contributed by atoms with Gasteiger partial charge in [-0.1, -0.05) is 25.0 Å². The van der Waals surface area contributed by atoms with E-state index in [9.17, 15) is 0 Å². The Kier molecular flexibility index (Phi) is 5.47. The molecule has 19 heavy (non-hydrogen) atoms. The molecule has 1 N–H and O–H groups in total. The zero-order chi connectivity index (χ0) is 13.7. The van der Waals surface area contributed by atoms with E-state index < -0.39 is 0 Å². The number of nitrogens with zero attached hydrogens (tertiary/aromatic N) is 1. The number of rotatable bonds is 5. The molecular weight excluding hydrogens is 232 g/mol. The van der Waals surface area contributed by atoms with E-state index in [-0.39, 0.29) is 0 Å². The molecule has 1 aliphatic carbocycles. The van der Waals surface area contributed by atoms with Crippen LogP contribution in [0.25, 0.3) is 0 Å². The standard InChI is InChI=1S/C17H32N2/c1-4-17(2,19-13-9-6-10-14-19)16(18-3)15-11-7-5-8-12-15/h11,16,18H,4-10,12-14H2,1-3H3. The number of allylic oxidation sites excluding steroid dienone is 1.